The highest BCUT2D eigenvalue weighted by molar-refractivity contribution is 9.10. The molecule has 0 atom stereocenters. The van der Waals surface area contributed by atoms with Crippen molar-refractivity contribution in [3.8, 4) is 0 Å². The van der Waals surface area contributed by atoms with Crippen molar-refractivity contribution in [3.63, 3.8) is 0 Å². The first-order valence-corrected chi connectivity index (χ1v) is 5.89. The number of hydrogen-bond donors (Lipinski definition) is 1. The second-order valence-corrected chi connectivity index (χ2v) is 4.67. The van der Waals surface area contributed by atoms with Gasteiger partial charge in [0.05, 0.1) is 15.2 Å². The third-order valence-corrected chi connectivity index (χ3v) is 2.99. The molecule has 16 heavy (non-hydrogen) atoms. The fourth-order valence-electron chi connectivity index (χ4n) is 1.13. The maximum atomic E-state index is 6.02. The molecule has 0 aliphatic rings. The summed E-state index contributed by atoms with van der Waals surface area (Å²) in [6.45, 7) is 0. The number of nitrogens with zero attached hydrogens (tertiary/aromatic N) is 2. The van der Waals surface area contributed by atoms with Gasteiger partial charge in [0.15, 0.2) is 0 Å². The minimum absolute atomic E-state index is 0.579. The van der Waals surface area contributed by atoms with Crippen molar-refractivity contribution in [2.45, 2.75) is 0 Å². The van der Waals surface area contributed by atoms with E-state index in [1.807, 2.05) is 0 Å². The van der Waals surface area contributed by atoms with Crippen LogP contribution in [-0.4, -0.2) is 9.97 Å². The molecular formula is C10H6BrCl2N3. The van der Waals surface area contributed by atoms with Crippen LogP contribution < -0.4 is 5.32 Å². The Bertz CT molecular complexity index is 519. The third kappa shape index (κ3) is 2.64. The molecule has 0 bridgehead atoms. The number of halogens is 3. The topological polar surface area (TPSA) is 37.8 Å². The van der Waals surface area contributed by atoms with Crippen LogP contribution in [0.1, 0.15) is 0 Å². The van der Waals surface area contributed by atoms with E-state index in [0.717, 1.165) is 4.47 Å². The van der Waals surface area contributed by atoms with Crippen molar-refractivity contribution < 1.29 is 0 Å². The number of anilines is 2. The lowest BCUT2D eigenvalue weighted by Gasteiger charge is -2.08. The van der Waals surface area contributed by atoms with Crippen LogP contribution in [0, 0.1) is 0 Å². The highest BCUT2D eigenvalue weighted by Crippen LogP contribution is 2.29. The second kappa shape index (κ2) is 4.99. The molecule has 0 saturated heterocycles. The van der Waals surface area contributed by atoms with Gasteiger partial charge in [-0.05, 0) is 34.1 Å². The lowest BCUT2D eigenvalue weighted by atomic mass is 10.3. The van der Waals surface area contributed by atoms with Gasteiger partial charge < -0.3 is 5.32 Å². The summed E-state index contributed by atoms with van der Waals surface area (Å²) in [6.07, 6.45) is 3.10. The maximum Gasteiger partial charge on any atom is 0.148 e. The smallest absolute Gasteiger partial charge is 0.148 e. The van der Waals surface area contributed by atoms with Gasteiger partial charge in [0.1, 0.15) is 12.1 Å². The van der Waals surface area contributed by atoms with Crippen LogP contribution in [0.5, 0.6) is 0 Å². The average Bonchev–Trinajstić information content (AvgIpc) is 2.27. The SMILES string of the molecule is Clc1ccc(Cl)c(Nc2ncncc2Br)c1. The molecule has 6 heteroatoms. The van der Waals surface area contributed by atoms with E-state index in [1.165, 1.54) is 6.33 Å². The van der Waals surface area contributed by atoms with Gasteiger partial charge in [-0.15, -0.1) is 0 Å². The molecule has 0 radical (unpaired) electrons. The first-order valence-electron chi connectivity index (χ1n) is 4.34. The van der Waals surface area contributed by atoms with E-state index < -0.39 is 0 Å². The zero-order chi connectivity index (χ0) is 11.5. The van der Waals surface area contributed by atoms with Gasteiger partial charge in [0.2, 0.25) is 0 Å². The molecule has 2 aromatic rings. The van der Waals surface area contributed by atoms with E-state index in [2.05, 4.69) is 31.2 Å². The normalized spacial score (nSPS) is 10.2. The van der Waals surface area contributed by atoms with E-state index in [1.54, 1.807) is 24.4 Å². The Morgan fingerprint density at radius 1 is 1.25 bits per heavy atom. The summed E-state index contributed by atoms with van der Waals surface area (Å²) in [5, 5.41) is 4.25. The molecule has 1 aromatic heterocycles. The van der Waals surface area contributed by atoms with Crippen LogP contribution in [0.15, 0.2) is 35.2 Å². The van der Waals surface area contributed by atoms with Crippen molar-refractivity contribution in [2.75, 3.05) is 5.32 Å². The Balaban J connectivity index is 2.34. The number of hydrogen-bond acceptors (Lipinski definition) is 3. The van der Waals surface area contributed by atoms with Crippen molar-refractivity contribution in [2.24, 2.45) is 0 Å². The van der Waals surface area contributed by atoms with Crippen molar-refractivity contribution >= 4 is 50.6 Å². The van der Waals surface area contributed by atoms with E-state index >= 15 is 0 Å². The number of rotatable bonds is 2. The molecular weight excluding hydrogens is 313 g/mol. The van der Waals surface area contributed by atoms with E-state index in [0.29, 0.717) is 21.6 Å². The Kier molecular flexibility index (Phi) is 3.63. The quantitative estimate of drug-likeness (QED) is 0.897. The molecule has 0 fully saturated rings. The third-order valence-electron chi connectivity index (χ3n) is 1.85. The fraction of sp³-hybridized carbons (Fsp3) is 0. The number of nitrogens with one attached hydrogen (secondary N) is 1. The van der Waals surface area contributed by atoms with Gasteiger partial charge in [-0.3, -0.25) is 0 Å². The molecule has 0 saturated carbocycles. The van der Waals surface area contributed by atoms with Gasteiger partial charge in [0.25, 0.3) is 0 Å². The van der Waals surface area contributed by atoms with Crippen molar-refractivity contribution in [1.82, 2.24) is 9.97 Å². The van der Waals surface area contributed by atoms with Crippen LogP contribution in [-0.2, 0) is 0 Å². The molecule has 82 valence electrons. The Hall–Kier alpha value is -0.840. The van der Waals surface area contributed by atoms with Crippen LogP contribution in [0.25, 0.3) is 0 Å². The molecule has 0 aliphatic carbocycles. The second-order valence-electron chi connectivity index (χ2n) is 2.97. The number of aromatic nitrogens is 2. The molecule has 0 amide bonds. The highest BCUT2D eigenvalue weighted by atomic mass is 79.9. The molecule has 0 aliphatic heterocycles. The lowest BCUT2D eigenvalue weighted by molar-refractivity contribution is 1.15. The predicted molar refractivity (Wildman–Crippen MR) is 69.5 cm³/mol. The first kappa shape index (κ1) is 11.6. The summed E-state index contributed by atoms with van der Waals surface area (Å²) >= 11 is 15.2. The Morgan fingerprint density at radius 3 is 2.81 bits per heavy atom. The summed E-state index contributed by atoms with van der Waals surface area (Å²) < 4.78 is 0.756. The van der Waals surface area contributed by atoms with E-state index in [-0.39, 0.29) is 0 Å². The molecule has 1 aromatic carbocycles. The first-order chi connectivity index (χ1) is 7.66. The van der Waals surface area contributed by atoms with Crippen molar-refractivity contribution in [1.29, 1.82) is 0 Å². The average molecular weight is 319 g/mol. The minimum atomic E-state index is 0.579. The minimum Gasteiger partial charge on any atom is -0.338 e. The summed E-state index contributed by atoms with van der Waals surface area (Å²) in [4.78, 5) is 7.94. The van der Waals surface area contributed by atoms with E-state index in [9.17, 15) is 0 Å². The monoisotopic (exact) mass is 317 g/mol. The zero-order valence-electron chi connectivity index (χ0n) is 7.92. The summed E-state index contributed by atoms with van der Waals surface area (Å²) in [5.74, 6) is 0.638. The van der Waals surface area contributed by atoms with Gasteiger partial charge in [-0.2, -0.15) is 0 Å². The van der Waals surface area contributed by atoms with Crippen LogP contribution >= 0.6 is 39.1 Å². The summed E-state index contributed by atoms with van der Waals surface area (Å²) in [6, 6.07) is 5.18. The largest absolute Gasteiger partial charge is 0.338 e. The molecule has 0 unspecified atom stereocenters. The summed E-state index contributed by atoms with van der Waals surface area (Å²) in [5.41, 5.74) is 0.702. The highest BCUT2D eigenvalue weighted by Gasteiger charge is 2.05. The standard InChI is InChI=1S/C10H6BrCl2N3/c11-7-4-14-5-15-10(7)16-9-3-6(12)1-2-8(9)13/h1-5H,(H,14,15,16). The van der Waals surface area contributed by atoms with Crippen LogP contribution in [0.4, 0.5) is 11.5 Å². The fourth-order valence-corrected chi connectivity index (χ4v) is 1.78. The predicted octanol–water partition coefficient (Wildman–Crippen LogP) is 4.29. The van der Waals surface area contributed by atoms with E-state index in [4.69, 9.17) is 23.2 Å². The zero-order valence-corrected chi connectivity index (χ0v) is 11.0. The molecule has 0 spiro atoms. The van der Waals surface area contributed by atoms with Gasteiger partial charge in [0, 0.05) is 11.2 Å². The maximum absolute atomic E-state index is 6.02. The number of benzene rings is 1. The lowest BCUT2D eigenvalue weighted by Crippen LogP contribution is -1.95. The van der Waals surface area contributed by atoms with Crippen LogP contribution in [0.3, 0.4) is 0 Å². The Morgan fingerprint density at radius 2 is 2.06 bits per heavy atom. The summed E-state index contributed by atoms with van der Waals surface area (Å²) in [7, 11) is 0. The molecule has 3 nitrogen and oxygen atoms in total. The van der Waals surface area contributed by atoms with Gasteiger partial charge >= 0.3 is 0 Å². The molecule has 1 N–H and O–H groups in total. The van der Waals surface area contributed by atoms with Gasteiger partial charge in [-0.25, -0.2) is 9.97 Å². The molecule has 1 heterocycles. The Labute approximate surface area is 111 Å². The van der Waals surface area contributed by atoms with Crippen molar-refractivity contribution in [3.05, 3.63) is 45.2 Å². The van der Waals surface area contributed by atoms with Crippen LogP contribution in [0.2, 0.25) is 10.0 Å². The van der Waals surface area contributed by atoms with Gasteiger partial charge in [-0.1, -0.05) is 23.2 Å². The molecule has 2 rings (SSSR count).